The number of carbonyl (C=O) groups excluding carboxylic acids is 2. The Morgan fingerprint density at radius 1 is 1.11 bits per heavy atom. The summed E-state index contributed by atoms with van der Waals surface area (Å²) in [6.45, 7) is 4.71. The molecule has 5 aliphatic rings. The summed E-state index contributed by atoms with van der Waals surface area (Å²) in [5, 5.41) is 0.742. The van der Waals surface area contributed by atoms with Gasteiger partial charge in [-0.1, -0.05) is 36.7 Å². The monoisotopic (exact) mass is 774 g/mol. The number of halogens is 1. The highest BCUT2D eigenvalue weighted by molar-refractivity contribution is 7.92. The van der Waals surface area contributed by atoms with Crippen molar-refractivity contribution in [2.45, 2.75) is 82.5 Å². The van der Waals surface area contributed by atoms with Gasteiger partial charge in [0.1, 0.15) is 15.7 Å². The van der Waals surface area contributed by atoms with Crippen molar-refractivity contribution in [1.29, 1.82) is 0 Å². The summed E-state index contributed by atoms with van der Waals surface area (Å²) in [7, 11) is -0.0652. The quantitative estimate of drug-likeness (QED) is 0.280. The van der Waals surface area contributed by atoms with Crippen molar-refractivity contribution in [3.8, 4) is 5.75 Å². The summed E-state index contributed by atoms with van der Waals surface area (Å²) in [5.74, 6) is 0.171. The molecule has 1 saturated carbocycles. The first-order valence-electron chi connectivity index (χ1n) is 19.4. The second-order valence-electron chi connectivity index (χ2n) is 16.2. The van der Waals surface area contributed by atoms with Crippen molar-refractivity contribution < 1.29 is 28.0 Å². The number of fused-ring (bicyclic) bond motifs is 5. The van der Waals surface area contributed by atoms with Gasteiger partial charge in [-0.2, -0.15) is 0 Å². The number of amides is 2. The third-order valence-corrected chi connectivity index (χ3v) is 14.7. The summed E-state index contributed by atoms with van der Waals surface area (Å²) in [6.07, 6.45) is 13.3. The lowest BCUT2D eigenvalue weighted by molar-refractivity contribution is 0.0131. The molecule has 7 atom stereocenters. The van der Waals surface area contributed by atoms with Crippen LogP contribution in [-0.2, 0) is 44.2 Å². The van der Waals surface area contributed by atoms with Gasteiger partial charge in [0.05, 0.1) is 35.8 Å². The zero-order valence-corrected chi connectivity index (χ0v) is 33.0. The van der Waals surface area contributed by atoms with Crippen molar-refractivity contribution in [3.63, 3.8) is 0 Å². The molecule has 1 aromatic heterocycles. The molecular weight excluding hydrogens is 724 g/mol. The highest BCUT2D eigenvalue weighted by Gasteiger charge is 2.44. The molecule has 0 radical (unpaired) electrons. The Morgan fingerprint density at radius 2 is 1.98 bits per heavy atom. The molecule has 1 fully saturated rings. The van der Waals surface area contributed by atoms with Crippen molar-refractivity contribution in [1.82, 2.24) is 9.29 Å². The van der Waals surface area contributed by atoms with Gasteiger partial charge in [0.15, 0.2) is 0 Å². The second-order valence-corrected chi connectivity index (χ2v) is 18.6. The fraction of sp³-hybridized carbons (Fsp3) is 0.524. The number of aromatic nitrogens is 1. The van der Waals surface area contributed by atoms with Crippen molar-refractivity contribution in [3.05, 3.63) is 93.8 Å². The molecule has 0 saturated heterocycles. The smallest absolute Gasteiger partial charge is 0.286 e. The topological polar surface area (TPSA) is 111 Å². The van der Waals surface area contributed by atoms with Gasteiger partial charge in [-0.3, -0.25) is 14.3 Å². The molecule has 2 amide bonds. The van der Waals surface area contributed by atoms with E-state index in [1.54, 1.807) is 26.5 Å². The van der Waals surface area contributed by atoms with E-state index in [-0.39, 0.29) is 29.3 Å². The molecule has 54 heavy (non-hydrogen) atoms. The number of hydrogen-bond donors (Lipinski definition) is 1. The Morgan fingerprint density at radius 3 is 2.78 bits per heavy atom. The summed E-state index contributed by atoms with van der Waals surface area (Å²) in [6, 6.07) is 13.5. The SMILES string of the molecule is COC1CCn2cc(C(=O)N[S@@]3(=O)=NC(=O)c4ccc5c(c4)N(C[C@@H]4CC[C@H]4[C@@H](OC)/C=C/C[C@H](C)C3)C[C@@]3(CCCc4cc(Cl)ccc43)CO5)cc2C1. The lowest BCUT2D eigenvalue weighted by Gasteiger charge is -2.46. The van der Waals surface area contributed by atoms with E-state index in [2.05, 4.69) is 38.3 Å². The standard InChI is InChI=1S/C42H51ClN4O6S/c1-27-6-4-8-38(52-3)35-12-9-30(35)22-47-25-42(16-5-7-28-18-32(43)11-13-36(28)42)26-53-39-14-10-29(20-37(39)47)40(48)44-54(50,24-27)45-41(49)31-19-33-21-34(51-2)15-17-46(33)23-31/h4,8,10-11,13-14,18-20,23,27,30,34-35,38H,5-7,9,12,15-17,21-22,24-26H2,1-3H3,(H,44,45,48,49,50)/b8-4+/t27-,30-,34?,35+,38-,42-,54-/m0/s1. The highest BCUT2D eigenvalue weighted by atomic mass is 35.5. The van der Waals surface area contributed by atoms with Crippen LogP contribution in [0.5, 0.6) is 5.75 Å². The van der Waals surface area contributed by atoms with Gasteiger partial charge < -0.3 is 23.7 Å². The summed E-state index contributed by atoms with van der Waals surface area (Å²) in [4.78, 5) is 30.3. The Hall–Kier alpha value is -3.64. The summed E-state index contributed by atoms with van der Waals surface area (Å²) < 4.78 is 42.2. The molecule has 3 aromatic rings. The predicted molar refractivity (Wildman–Crippen MR) is 211 cm³/mol. The molecule has 2 aliphatic carbocycles. The number of nitrogens with one attached hydrogen (secondary N) is 1. The molecule has 1 unspecified atom stereocenters. The third kappa shape index (κ3) is 7.36. The van der Waals surface area contributed by atoms with Crippen LogP contribution in [-0.4, -0.2) is 72.5 Å². The molecule has 12 heteroatoms. The van der Waals surface area contributed by atoms with Gasteiger partial charge in [0.2, 0.25) is 0 Å². The first-order valence-corrected chi connectivity index (χ1v) is 21.4. The van der Waals surface area contributed by atoms with Crippen LogP contribution >= 0.6 is 11.6 Å². The maximum Gasteiger partial charge on any atom is 0.286 e. The number of rotatable bonds is 4. The van der Waals surface area contributed by atoms with Crippen LogP contribution < -0.4 is 14.4 Å². The fourth-order valence-corrected chi connectivity index (χ4v) is 11.5. The second kappa shape index (κ2) is 15.1. The van der Waals surface area contributed by atoms with Crippen LogP contribution in [0.2, 0.25) is 5.02 Å². The molecule has 288 valence electrons. The van der Waals surface area contributed by atoms with E-state index in [1.165, 1.54) is 11.1 Å². The van der Waals surface area contributed by atoms with Crippen LogP contribution in [0.25, 0.3) is 0 Å². The minimum absolute atomic E-state index is 0.0178. The normalized spacial score (nSPS) is 31.4. The molecular formula is C42H51ClN4O6S. The molecule has 3 aliphatic heterocycles. The van der Waals surface area contributed by atoms with Crippen LogP contribution in [0.3, 0.4) is 0 Å². The van der Waals surface area contributed by atoms with Crippen molar-refractivity contribution >= 4 is 39.0 Å². The highest BCUT2D eigenvalue weighted by Crippen LogP contribution is 2.47. The molecule has 1 spiro atoms. The average Bonchev–Trinajstić information content (AvgIpc) is 3.51. The van der Waals surface area contributed by atoms with Gasteiger partial charge in [-0.25, -0.2) is 4.21 Å². The van der Waals surface area contributed by atoms with E-state index in [0.29, 0.717) is 48.2 Å². The molecule has 1 N–H and O–H groups in total. The fourth-order valence-electron chi connectivity index (χ4n) is 9.45. The largest absolute Gasteiger partial charge is 0.490 e. The predicted octanol–water partition coefficient (Wildman–Crippen LogP) is 7.17. The van der Waals surface area contributed by atoms with Gasteiger partial charge >= 0.3 is 0 Å². The minimum atomic E-state index is -3.54. The number of aryl methyl sites for hydroxylation is 2. The number of nitrogens with zero attached hydrogens (tertiary/aromatic N) is 3. The zero-order valence-electron chi connectivity index (χ0n) is 31.4. The molecule has 8 rings (SSSR count). The maximum absolute atomic E-state index is 14.7. The number of allylic oxidation sites excluding steroid dienone is 1. The number of carbonyl (C=O) groups is 2. The average molecular weight is 775 g/mol. The molecule has 2 bridgehead atoms. The van der Waals surface area contributed by atoms with Crippen LogP contribution in [0.1, 0.15) is 83.0 Å². The maximum atomic E-state index is 14.7. The van der Waals surface area contributed by atoms with Gasteiger partial charge in [-0.15, -0.1) is 4.36 Å². The Kier molecular flexibility index (Phi) is 10.4. The molecule has 2 aromatic carbocycles. The minimum Gasteiger partial charge on any atom is -0.490 e. The third-order valence-electron chi connectivity index (χ3n) is 12.5. The number of anilines is 1. The van der Waals surface area contributed by atoms with Crippen molar-refractivity contribution in [2.24, 2.45) is 22.1 Å². The first-order chi connectivity index (χ1) is 26.0. The van der Waals surface area contributed by atoms with Gasteiger partial charge in [0, 0.05) is 68.2 Å². The Balaban J connectivity index is 1.17. The lowest BCUT2D eigenvalue weighted by atomic mass is 9.68. The van der Waals surface area contributed by atoms with E-state index < -0.39 is 21.7 Å². The first kappa shape index (κ1) is 37.3. The number of hydrogen-bond acceptors (Lipinski definition) is 7. The van der Waals surface area contributed by atoms with Gasteiger partial charge in [0.25, 0.3) is 11.8 Å². The van der Waals surface area contributed by atoms with Gasteiger partial charge in [-0.05, 0) is 110 Å². The Bertz CT molecular complexity index is 2090. The number of benzene rings is 2. The van der Waals surface area contributed by atoms with Crippen LogP contribution in [0.15, 0.2) is 65.2 Å². The van der Waals surface area contributed by atoms with E-state index in [9.17, 15) is 13.8 Å². The molecule has 4 heterocycles. The molecule has 10 nitrogen and oxygen atoms in total. The number of ether oxygens (including phenoxy) is 3. The van der Waals surface area contributed by atoms with E-state index in [1.807, 2.05) is 35.8 Å². The lowest BCUT2D eigenvalue weighted by Crippen LogP contribution is -2.49. The summed E-state index contributed by atoms with van der Waals surface area (Å²) >= 11 is 6.48. The number of methoxy groups -OCH3 is 2. The van der Waals surface area contributed by atoms with E-state index in [4.69, 9.17) is 25.8 Å². The Labute approximate surface area is 323 Å². The van der Waals surface area contributed by atoms with Crippen LogP contribution in [0.4, 0.5) is 5.69 Å². The van der Waals surface area contributed by atoms with Crippen LogP contribution in [0, 0.1) is 17.8 Å². The van der Waals surface area contributed by atoms with E-state index >= 15 is 0 Å². The van der Waals surface area contributed by atoms with Crippen molar-refractivity contribution in [2.75, 3.05) is 44.6 Å². The zero-order chi connectivity index (χ0) is 37.6. The van der Waals surface area contributed by atoms with E-state index in [0.717, 1.165) is 74.6 Å². The summed E-state index contributed by atoms with van der Waals surface area (Å²) in [5.41, 5.74) is 4.80.